The lowest BCUT2D eigenvalue weighted by Crippen LogP contribution is -2.49. The van der Waals surface area contributed by atoms with Crippen molar-refractivity contribution in [1.82, 2.24) is 0 Å². The van der Waals surface area contributed by atoms with Crippen LogP contribution in [0.4, 0.5) is 5.69 Å². The SMILES string of the molecule is COc1ccc2c(c1)C1CCN2CC1OC(C)=O. The van der Waals surface area contributed by atoms with E-state index < -0.39 is 0 Å². The Kier molecular flexibility index (Phi) is 2.65. The smallest absolute Gasteiger partial charge is 0.302 e. The molecule has 0 radical (unpaired) electrons. The Balaban J connectivity index is 1.97. The van der Waals surface area contributed by atoms with Crippen LogP contribution in [0.3, 0.4) is 0 Å². The maximum atomic E-state index is 11.2. The summed E-state index contributed by atoms with van der Waals surface area (Å²) in [6, 6.07) is 6.16. The molecule has 0 N–H and O–H groups in total. The van der Waals surface area contributed by atoms with Crippen molar-refractivity contribution in [2.75, 3.05) is 25.1 Å². The lowest BCUT2D eigenvalue weighted by molar-refractivity contribution is -0.147. The first kappa shape index (κ1) is 11.4. The minimum atomic E-state index is -0.196. The van der Waals surface area contributed by atoms with Gasteiger partial charge in [-0.3, -0.25) is 4.79 Å². The van der Waals surface area contributed by atoms with Crippen LogP contribution < -0.4 is 9.64 Å². The number of carbonyl (C=O) groups excluding carboxylic acids is 1. The summed E-state index contributed by atoms with van der Waals surface area (Å²) in [6.07, 6.45) is 1.02. The Morgan fingerprint density at radius 1 is 1.44 bits per heavy atom. The predicted octanol–water partition coefficient (Wildman–Crippen LogP) is 1.93. The first-order valence-corrected chi connectivity index (χ1v) is 6.29. The largest absolute Gasteiger partial charge is 0.497 e. The van der Waals surface area contributed by atoms with Gasteiger partial charge in [-0.15, -0.1) is 0 Å². The number of piperidine rings is 1. The van der Waals surface area contributed by atoms with Crippen LogP contribution in [0.15, 0.2) is 18.2 Å². The van der Waals surface area contributed by atoms with Crippen molar-refractivity contribution in [3.05, 3.63) is 23.8 Å². The molecular formula is C14H17NO3. The number of hydrogen-bond donors (Lipinski definition) is 0. The van der Waals surface area contributed by atoms with E-state index in [0.29, 0.717) is 5.92 Å². The van der Waals surface area contributed by atoms with E-state index in [-0.39, 0.29) is 12.1 Å². The van der Waals surface area contributed by atoms with Crippen LogP contribution in [0.5, 0.6) is 5.75 Å². The second kappa shape index (κ2) is 4.19. The third kappa shape index (κ3) is 1.72. The van der Waals surface area contributed by atoms with Gasteiger partial charge >= 0.3 is 5.97 Å². The minimum absolute atomic E-state index is 0.0177. The second-order valence-corrected chi connectivity index (χ2v) is 4.91. The van der Waals surface area contributed by atoms with Crippen LogP contribution in [0, 0.1) is 0 Å². The molecule has 3 aliphatic heterocycles. The Morgan fingerprint density at radius 2 is 2.28 bits per heavy atom. The normalized spacial score (nSPS) is 24.7. The molecule has 0 spiro atoms. The number of fused-ring (bicyclic) bond motifs is 2. The number of methoxy groups -OCH3 is 1. The highest BCUT2D eigenvalue weighted by Gasteiger charge is 2.40. The molecule has 4 heteroatoms. The molecule has 1 aromatic carbocycles. The predicted molar refractivity (Wildman–Crippen MR) is 68.1 cm³/mol. The van der Waals surface area contributed by atoms with Gasteiger partial charge < -0.3 is 14.4 Å². The maximum absolute atomic E-state index is 11.2. The van der Waals surface area contributed by atoms with Gasteiger partial charge in [-0.2, -0.15) is 0 Å². The fourth-order valence-corrected chi connectivity index (χ4v) is 3.07. The van der Waals surface area contributed by atoms with Crippen LogP contribution in [0.1, 0.15) is 24.8 Å². The van der Waals surface area contributed by atoms with Gasteiger partial charge in [-0.1, -0.05) is 0 Å². The third-order valence-electron chi connectivity index (χ3n) is 3.85. The monoisotopic (exact) mass is 247 g/mol. The number of nitrogens with zero attached hydrogens (tertiary/aromatic N) is 1. The average molecular weight is 247 g/mol. The lowest BCUT2D eigenvalue weighted by atomic mass is 9.81. The molecular weight excluding hydrogens is 230 g/mol. The van der Waals surface area contributed by atoms with Crippen molar-refractivity contribution in [2.45, 2.75) is 25.4 Å². The van der Waals surface area contributed by atoms with Crippen molar-refractivity contribution < 1.29 is 14.3 Å². The molecule has 0 aliphatic carbocycles. The summed E-state index contributed by atoms with van der Waals surface area (Å²) in [4.78, 5) is 13.5. The number of anilines is 1. The van der Waals surface area contributed by atoms with E-state index in [2.05, 4.69) is 17.0 Å². The number of benzene rings is 1. The van der Waals surface area contributed by atoms with Gasteiger partial charge in [0.2, 0.25) is 0 Å². The van der Waals surface area contributed by atoms with Crippen molar-refractivity contribution >= 4 is 11.7 Å². The summed E-state index contributed by atoms with van der Waals surface area (Å²) in [5.74, 6) is 0.978. The Morgan fingerprint density at radius 3 is 3.00 bits per heavy atom. The standard InChI is InChI=1S/C14H17NO3/c1-9(16)18-14-8-15-6-5-11(14)12-7-10(17-2)3-4-13(12)15/h3-4,7,11,14H,5-6,8H2,1-2H3. The Bertz CT molecular complexity index is 486. The van der Waals surface area contributed by atoms with E-state index >= 15 is 0 Å². The molecule has 3 heterocycles. The second-order valence-electron chi connectivity index (χ2n) is 4.91. The van der Waals surface area contributed by atoms with Crippen LogP contribution in [0.2, 0.25) is 0 Å². The topological polar surface area (TPSA) is 38.8 Å². The molecule has 0 amide bonds. The molecule has 2 atom stereocenters. The fraction of sp³-hybridized carbons (Fsp3) is 0.500. The average Bonchev–Trinajstić information content (AvgIpc) is 2.38. The van der Waals surface area contributed by atoms with Gasteiger partial charge in [0.15, 0.2) is 0 Å². The molecule has 1 aromatic rings. The molecule has 0 saturated carbocycles. The van der Waals surface area contributed by atoms with E-state index in [1.54, 1.807) is 7.11 Å². The molecule has 1 saturated heterocycles. The number of ether oxygens (including phenoxy) is 2. The molecule has 3 aliphatic rings. The molecule has 4 nitrogen and oxygen atoms in total. The number of esters is 1. The Labute approximate surface area is 106 Å². The van der Waals surface area contributed by atoms with E-state index in [9.17, 15) is 4.79 Å². The molecule has 2 bridgehead atoms. The molecule has 4 rings (SSSR count). The zero-order valence-electron chi connectivity index (χ0n) is 10.7. The van der Waals surface area contributed by atoms with Crippen LogP contribution >= 0.6 is 0 Å². The third-order valence-corrected chi connectivity index (χ3v) is 3.85. The quantitative estimate of drug-likeness (QED) is 0.749. The number of hydrogen-bond acceptors (Lipinski definition) is 4. The van der Waals surface area contributed by atoms with E-state index in [0.717, 1.165) is 25.3 Å². The van der Waals surface area contributed by atoms with Crippen LogP contribution in [0.25, 0.3) is 0 Å². The summed E-state index contributed by atoms with van der Waals surface area (Å²) in [5, 5.41) is 0. The summed E-state index contributed by atoms with van der Waals surface area (Å²) in [5.41, 5.74) is 2.51. The maximum Gasteiger partial charge on any atom is 0.302 e. The summed E-state index contributed by atoms with van der Waals surface area (Å²) >= 11 is 0. The number of carbonyl (C=O) groups is 1. The molecule has 2 unspecified atom stereocenters. The van der Waals surface area contributed by atoms with Crippen molar-refractivity contribution in [3.63, 3.8) is 0 Å². The van der Waals surface area contributed by atoms with Crippen LogP contribution in [-0.2, 0) is 9.53 Å². The highest BCUT2D eigenvalue weighted by atomic mass is 16.5. The zero-order chi connectivity index (χ0) is 12.7. The highest BCUT2D eigenvalue weighted by molar-refractivity contribution is 5.68. The van der Waals surface area contributed by atoms with Gasteiger partial charge in [-0.05, 0) is 30.2 Å². The minimum Gasteiger partial charge on any atom is -0.497 e. The fourth-order valence-electron chi connectivity index (χ4n) is 3.07. The lowest BCUT2D eigenvalue weighted by Gasteiger charge is -2.46. The van der Waals surface area contributed by atoms with Gasteiger partial charge in [0.1, 0.15) is 11.9 Å². The van der Waals surface area contributed by atoms with Crippen molar-refractivity contribution in [3.8, 4) is 5.75 Å². The summed E-state index contributed by atoms with van der Waals surface area (Å²) < 4.78 is 10.7. The van der Waals surface area contributed by atoms with E-state index in [4.69, 9.17) is 9.47 Å². The molecule has 1 fully saturated rings. The molecule has 96 valence electrons. The van der Waals surface area contributed by atoms with Crippen molar-refractivity contribution in [2.24, 2.45) is 0 Å². The van der Waals surface area contributed by atoms with Gasteiger partial charge in [0, 0.05) is 25.1 Å². The van der Waals surface area contributed by atoms with Crippen LogP contribution in [-0.4, -0.2) is 32.3 Å². The van der Waals surface area contributed by atoms with Gasteiger partial charge in [0.05, 0.1) is 13.7 Å². The van der Waals surface area contributed by atoms with Gasteiger partial charge in [-0.25, -0.2) is 0 Å². The van der Waals surface area contributed by atoms with Gasteiger partial charge in [0.25, 0.3) is 0 Å². The molecule has 18 heavy (non-hydrogen) atoms. The summed E-state index contributed by atoms with van der Waals surface area (Å²) in [6.45, 7) is 3.33. The number of rotatable bonds is 2. The van der Waals surface area contributed by atoms with Crippen molar-refractivity contribution in [1.29, 1.82) is 0 Å². The first-order valence-electron chi connectivity index (χ1n) is 6.29. The Hall–Kier alpha value is -1.71. The summed E-state index contributed by atoms with van der Waals surface area (Å²) in [7, 11) is 1.67. The zero-order valence-corrected chi connectivity index (χ0v) is 10.7. The van der Waals surface area contributed by atoms with E-state index in [1.807, 2.05) is 6.07 Å². The van der Waals surface area contributed by atoms with E-state index in [1.165, 1.54) is 18.2 Å². The molecule has 0 aromatic heterocycles. The first-order chi connectivity index (χ1) is 8.69. The highest BCUT2D eigenvalue weighted by Crippen LogP contribution is 2.44.